The van der Waals surface area contributed by atoms with Crippen molar-refractivity contribution in [2.45, 2.75) is 32.6 Å². The lowest BCUT2D eigenvalue weighted by Gasteiger charge is -2.35. The maximum absolute atomic E-state index is 12.4. The van der Waals surface area contributed by atoms with E-state index in [2.05, 4.69) is 10.3 Å². The van der Waals surface area contributed by atoms with Crippen LogP contribution in [0.15, 0.2) is 29.1 Å². The summed E-state index contributed by atoms with van der Waals surface area (Å²) in [5.41, 5.74) is 0.234. The lowest BCUT2D eigenvalue weighted by atomic mass is 10.2. The number of ether oxygens (including phenoxy) is 1. The van der Waals surface area contributed by atoms with Gasteiger partial charge in [0.2, 0.25) is 5.91 Å². The highest BCUT2D eigenvalue weighted by molar-refractivity contribution is 5.78. The van der Waals surface area contributed by atoms with E-state index in [0.717, 1.165) is 4.68 Å². The average molecular weight is 302 g/mol. The fraction of sp³-hybridized carbons (Fsp3) is 0.467. The summed E-state index contributed by atoms with van der Waals surface area (Å²) < 4.78 is 6.73. The molecular formula is C15H18N4O3. The van der Waals surface area contributed by atoms with Gasteiger partial charge < -0.3 is 9.64 Å². The van der Waals surface area contributed by atoms with E-state index in [4.69, 9.17) is 4.74 Å². The van der Waals surface area contributed by atoms with E-state index in [0.29, 0.717) is 24.0 Å². The minimum atomic E-state index is -0.298. The van der Waals surface area contributed by atoms with Crippen LogP contribution < -0.4 is 5.56 Å². The van der Waals surface area contributed by atoms with Gasteiger partial charge in [-0.15, -0.1) is 5.10 Å². The Labute approximate surface area is 127 Å². The van der Waals surface area contributed by atoms with Crippen molar-refractivity contribution in [1.82, 2.24) is 19.9 Å². The molecule has 1 aliphatic heterocycles. The standard InChI is InChI=1S/C15H18N4O3/c1-10-7-18(8-11(2)22-10)14(20)9-19-15(21)12-5-3-4-6-13(12)16-17-19/h3-6,10-11H,7-9H2,1-2H3/t10-,11-/m1/s1. The number of hydrogen-bond donors (Lipinski definition) is 0. The summed E-state index contributed by atoms with van der Waals surface area (Å²) in [4.78, 5) is 26.4. The van der Waals surface area contributed by atoms with E-state index < -0.39 is 0 Å². The number of amides is 1. The van der Waals surface area contributed by atoms with E-state index in [9.17, 15) is 9.59 Å². The molecule has 1 aromatic carbocycles. The second-order valence-electron chi connectivity index (χ2n) is 5.63. The minimum Gasteiger partial charge on any atom is -0.372 e. The van der Waals surface area contributed by atoms with E-state index in [1.807, 2.05) is 13.8 Å². The van der Waals surface area contributed by atoms with Crippen LogP contribution in [0.4, 0.5) is 0 Å². The zero-order chi connectivity index (χ0) is 15.7. The van der Waals surface area contributed by atoms with Crippen LogP contribution in [0.5, 0.6) is 0 Å². The van der Waals surface area contributed by atoms with Gasteiger partial charge in [-0.2, -0.15) is 0 Å². The Morgan fingerprint density at radius 1 is 1.27 bits per heavy atom. The fourth-order valence-corrected chi connectivity index (χ4v) is 2.74. The number of hydrogen-bond acceptors (Lipinski definition) is 5. The van der Waals surface area contributed by atoms with Gasteiger partial charge in [-0.3, -0.25) is 9.59 Å². The Balaban J connectivity index is 1.82. The van der Waals surface area contributed by atoms with Gasteiger partial charge in [-0.1, -0.05) is 17.3 Å². The van der Waals surface area contributed by atoms with Gasteiger partial charge in [-0.05, 0) is 26.0 Å². The predicted molar refractivity (Wildman–Crippen MR) is 80.4 cm³/mol. The Kier molecular flexibility index (Phi) is 3.89. The monoisotopic (exact) mass is 302 g/mol. The summed E-state index contributed by atoms with van der Waals surface area (Å²) in [6.45, 7) is 4.81. The van der Waals surface area contributed by atoms with Gasteiger partial charge in [0.1, 0.15) is 12.1 Å². The molecule has 2 atom stereocenters. The molecule has 1 aromatic heterocycles. The number of morpholine rings is 1. The molecule has 0 unspecified atom stereocenters. The minimum absolute atomic E-state index is 0.00731. The average Bonchev–Trinajstić information content (AvgIpc) is 2.49. The topological polar surface area (TPSA) is 77.3 Å². The molecule has 2 heterocycles. The molecule has 0 bridgehead atoms. The van der Waals surface area contributed by atoms with Gasteiger partial charge in [0.15, 0.2) is 0 Å². The van der Waals surface area contributed by atoms with Crippen LogP contribution in [0.3, 0.4) is 0 Å². The Bertz CT molecular complexity index is 748. The van der Waals surface area contributed by atoms with Crippen LogP contribution in [0.1, 0.15) is 13.8 Å². The lowest BCUT2D eigenvalue weighted by molar-refractivity contribution is -0.144. The van der Waals surface area contributed by atoms with Crippen LogP contribution in [0.25, 0.3) is 10.9 Å². The van der Waals surface area contributed by atoms with Gasteiger partial charge in [-0.25, -0.2) is 4.68 Å². The molecule has 2 aromatic rings. The number of rotatable bonds is 2. The first-order valence-electron chi connectivity index (χ1n) is 7.30. The molecule has 1 fully saturated rings. The summed E-state index contributed by atoms with van der Waals surface area (Å²) >= 11 is 0. The highest BCUT2D eigenvalue weighted by Crippen LogP contribution is 2.11. The first-order valence-corrected chi connectivity index (χ1v) is 7.30. The van der Waals surface area contributed by atoms with Crippen LogP contribution in [-0.2, 0) is 16.1 Å². The maximum Gasteiger partial charge on any atom is 0.278 e. The number of aromatic nitrogens is 3. The smallest absolute Gasteiger partial charge is 0.278 e. The molecule has 0 saturated carbocycles. The van der Waals surface area contributed by atoms with Gasteiger partial charge in [0, 0.05) is 13.1 Å². The largest absolute Gasteiger partial charge is 0.372 e. The van der Waals surface area contributed by atoms with Crippen LogP contribution in [-0.4, -0.2) is 51.1 Å². The van der Waals surface area contributed by atoms with Crippen molar-refractivity contribution >= 4 is 16.8 Å². The van der Waals surface area contributed by atoms with Crippen LogP contribution in [0.2, 0.25) is 0 Å². The molecule has 1 amide bonds. The second kappa shape index (κ2) is 5.84. The Morgan fingerprint density at radius 2 is 1.95 bits per heavy atom. The van der Waals surface area contributed by atoms with Crippen LogP contribution in [0, 0.1) is 0 Å². The Hall–Kier alpha value is -2.28. The first kappa shape index (κ1) is 14.6. The molecule has 7 heteroatoms. The molecule has 0 N–H and O–H groups in total. The highest BCUT2D eigenvalue weighted by atomic mass is 16.5. The Morgan fingerprint density at radius 3 is 2.68 bits per heavy atom. The van der Waals surface area contributed by atoms with Crippen LogP contribution >= 0.6 is 0 Å². The maximum atomic E-state index is 12.4. The molecule has 1 saturated heterocycles. The lowest BCUT2D eigenvalue weighted by Crippen LogP contribution is -2.49. The summed E-state index contributed by atoms with van der Waals surface area (Å²) in [6, 6.07) is 6.97. The molecule has 1 aliphatic rings. The number of carbonyl (C=O) groups is 1. The fourth-order valence-electron chi connectivity index (χ4n) is 2.74. The molecule has 3 rings (SSSR count). The molecule has 0 spiro atoms. The van der Waals surface area contributed by atoms with E-state index in [1.165, 1.54) is 0 Å². The third kappa shape index (κ3) is 2.85. The number of nitrogens with zero attached hydrogens (tertiary/aromatic N) is 4. The van der Waals surface area contributed by atoms with Crippen molar-refractivity contribution < 1.29 is 9.53 Å². The SMILES string of the molecule is C[C@@H]1CN(C(=O)Cn2nnc3ccccc3c2=O)C[C@@H](C)O1. The number of fused-ring (bicyclic) bond motifs is 1. The molecule has 0 radical (unpaired) electrons. The molecule has 116 valence electrons. The highest BCUT2D eigenvalue weighted by Gasteiger charge is 2.26. The molecular weight excluding hydrogens is 284 g/mol. The molecule has 0 aliphatic carbocycles. The quantitative estimate of drug-likeness (QED) is 0.804. The zero-order valence-corrected chi connectivity index (χ0v) is 12.6. The molecule has 22 heavy (non-hydrogen) atoms. The second-order valence-corrected chi connectivity index (χ2v) is 5.63. The van der Waals surface area contributed by atoms with Crippen molar-refractivity contribution in [1.29, 1.82) is 0 Å². The van der Waals surface area contributed by atoms with Gasteiger partial charge >= 0.3 is 0 Å². The summed E-state index contributed by atoms with van der Waals surface area (Å²) in [5, 5.41) is 8.31. The summed E-state index contributed by atoms with van der Waals surface area (Å²) in [5.74, 6) is -0.145. The van der Waals surface area contributed by atoms with Gasteiger partial charge in [0.25, 0.3) is 5.56 Å². The first-order chi connectivity index (χ1) is 10.5. The van der Waals surface area contributed by atoms with Gasteiger partial charge in [0.05, 0.1) is 17.6 Å². The summed E-state index contributed by atoms with van der Waals surface area (Å²) in [6.07, 6.45) is -0.0146. The van der Waals surface area contributed by atoms with E-state index >= 15 is 0 Å². The third-order valence-corrected chi connectivity index (χ3v) is 3.69. The number of benzene rings is 1. The van der Waals surface area contributed by atoms with Crippen molar-refractivity contribution in [3.8, 4) is 0 Å². The summed E-state index contributed by atoms with van der Waals surface area (Å²) in [7, 11) is 0. The van der Waals surface area contributed by atoms with Crippen molar-refractivity contribution in [2.24, 2.45) is 0 Å². The van der Waals surface area contributed by atoms with E-state index in [1.54, 1.807) is 29.2 Å². The molecule has 7 nitrogen and oxygen atoms in total. The predicted octanol–water partition coefficient (Wildman–Crippen LogP) is 0.427. The van der Waals surface area contributed by atoms with E-state index in [-0.39, 0.29) is 30.2 Å². The van der Waals surface area contributed by atoms with Crippen molar-refractivity contribution in [3.63, 3.8) is 0 Å². The number of carbonyl (C=O) groups excluding carboxylic acids is 1. The third-order valence-electron chi connectivity index (χ3n) is 3.69. The zero-order valence-electron chi connectivity index (χ0n) is 12.6. The normalized spacial score (nSPS) is 22.0. The van der Waals surface area contributed by atoms with Crippen molar-refractivity contribution in [2.75, 3.05) is 13.1 Å². The van der Waals surface area contributed by atoms with Crippen molar-refractivity contribution in [3.05, 3.63) is 34.6 Å².